The van der Waals surface area contributed by atoms with E-state index in [0.29, 0.717) is 5.57 Å². The van der Waals surface area contributed by atoms with E-state index in [-0.39, 0.29) is 5.82 Å². The van der Waals surface area contributed by atoms with Crippen molar-refractivity contribution in [1.29, 1.82) is 0 Å². The Hall–Kier alpha value is -1.44. The lowest BCUT2D eigenvalue weighted by molar-refractivity contribution is -0.104. The van der Waals surface area contributed by atoms with E-state index in [2.05, 4.69) is 0 Å². The summed E-state index contributed by atoms with van der Waals surface area (Å²) in [6, 6.07) is 4.50. The topological polar surface area (TPSA) is 17.1 Å². The van der Waals surface area contributed by atoms with Gasteiger partial charge in [0, 0.05) is 0 Å². The largest absolute Gasteiger partial charge is 0.298 e. The van der Waals surface area contributed by atoms with Crippen molar-refractivity contribution in [2.45, 2.75) is 13.8 Å². The molecule has 0 heterocycles. The van der Waals surface area contributed by atoms with E-state index in [0.717, 1.165) is 17.4 Å². The first-order valence-electron chi connectivity index (χ1n) is 4.03. The number of benzene rings is 1. The molecule has 1 rings (SSSR count). The minimum Gasteiger partial charge on any atom is -0.298 e. The van der Waals surface area contributed by atoms with Crippen molar-refractivity contribution in [3.8, 4) is 0 Å². The average Bonchev–Trinajstić information content (AvgIpc) is 2.09. The summed E-state index contributed by atoms with van der Waals surface area (Å²) < 4.78 is 12.7. The second kappa shape index (κ2) is 3.99. The Morgan fingerprint density at radius 2 is 2.15 bits per heavy atom. The van der Waals surface area contributed by atoms with Crippen LogP contribution in [0, 0.1) is 12.7 Å². The van der Waals surface area contributed by atoms with Crippen LogP contribution in [0.4, 0.5) is 4.39 Å². The third-order valence-electron chi connectivity index (χ3n) is 1.80. The molecule has 0 amide bonds. The molecule has 0 atom stereocenters. The molecule has 1 aromatic rings. The van der Waals surface area contributed by atoms with Crippen LogP contribution in [0.2, 0.25) is 0 Å². The fourth-order valence-corrected chi connectivity index (χ4v) is 1.08. The minimum atomic E-state index is -0.251. The predicted molar refractivity (Wildman–Crippen MR) is 50.9 cm³/mol. The lowest BCUT2D eigenvalue weighted by atomic mass is 10.1. The van der Waals surface area contributed by atoms with Gasteiger partial charge in [-0.05, 0) is 48.8 Å². The molecule has 2 heteroatoms. The summed E-state index contributed by atoms with van der Waals surface area (Å²) in [6.45, 7) is 3.53. The molecule has 1 nitrogen and oxygen atoms in total. The molecule has 68 valence electrons. The van der Waals surface area contributed by atoms with E-state index in [9.17, 15) is 9.18 Å². The quantitative estimate of drug-likeness (QED) is 0.502. The number of aryl methyl sites for hydroxylation is 1. The van der Waals surface area contributed by atoms with Crippen LogP contribution in [0.5, 0.6) is 0 Å². The van der Waals surface area contributed by atoms with Gasteiger partial charge in [-0.2, -0.15) is 0 Å². The zero-order valence-electron chi connectivity index (χ0n) is 7.67. The second-order valence-electron chi connectivity index (χ2n) is 3.01. The fourth-order valence-electron chi connectivity index (χ4n) is 1.08. The number of halogens is 1. The Morgan fingerprint density at radius 1 is 1.46 bits per heavy atom. The average molecular weight is 178 g/mol. The van der Waals surface area contributed by atoms with Crippen LogP contribution in [-0.4, -0.2) is 6.29 Å². The van der Waals surface area contributed by atoms with Gasteiger partial charge in [0.25, 0.3) is 0 Å². The zero-order valence-corrected chi connectivity index (χ0v) is 7.67. The summed E-state index contributed by atoms with van der Waals surface area (Å²) >= 11 is 0. The lowest BCUT2D eigenvalue weighted by Crippen LogP contribution is -1.84. The third kappa shape index (κ3) is 2.51. The molecule has 0 unspecified atom stereocenters. The van der Waals surface area contributed by atoms with Gasteiger partial charge in [0.1, 0.15) is 12.1 Å². The summed E-state index contributed by atoms with van der Waals surface area (Å²) in [6.07, 6.45) is 2.52. The molecule has 0 aliphatic heterocycles. The first-order valence-corrected chi connectivity index (χ1v) is 4.03. The van der Waals surface area contributed by atoms with Crippen LogP contribution in [0.1, 0.15) is 18.1 Å². The summed E-state index contributed by atoms with van der Waals surface area (Å²) in [4.78, 5) is 10.3. The molecule has 0 aromatic heterocycles. The number of aldehydes is 1. The maximum atomic E-state index is 12.7. The van der Waals surface area contributed by atoms with E-state index < -0.39 is 0 Å². The highest BCUT2D eigenvalue weighted by Crippen LogP contribution is 2.13. The smallest absolute Gasteiger partial charge is 0.145 e. The SMILES string of the molecule is CC(C=O)=Cc1ccc(F)cc1C. The van der Waals surface area contributed by atoms with E-state index >= 15 is 0 Å². The molecule has 0 fully saturated rings. The Bertz CT molecular complexity index is 353. The van der Waals surface area contributed by atoms with Crippen molar-refractivity contribution in [3.05, 3.63) is 40.7 Å². The monoisotopic (exact) mass is 178 g/mol. The van der Waals surface area contributed by atoms with Crippen LogP contribution < -0.4 is 0 Å². The first kappa shape index (κ1) is 9.65. The molecule has 0 spiro atoms. The maximum Gasteiger partial charge on any atom is 0.145 e. The molecule has 0 N–H and O–H groups in total. The van der Waals surface area contributed by atoms with Crippen molar-refractivity contribution < 1.29 is 9.18 Å². The highest BCUT2D eigenvalue weighted by Gasteiger charge is 1.97. The fraction of sp³-hybridized carbons (Fsp3) is 0.182. The molecular formula is C11H11FO. The Balaban J connectivity index is 3.09. The summed E-state index contributed by atoms with van der Waals surface area (Å²) in [5, 5.41) is 0. The van der Waals surface area contributed by atoms with E-state index in [4.69, 9.17) is 0 Å². The molecule has 0 bridgehead atoms. The molecule has 0 aliphatic carbocycles. The highest BCUT2D eigenvalue weighted by atomic mass is 19.1. The Labute approximate surface area is 76.9 Å². The van der Waals surface area contributed by atoms with Gasteiger partial charge >= 0.3 is 0 Å². The van der Waals surface area contributed by atoms with Crippen molar-refractivity contribution in [2.75, 3.05) is 0 Å². The number of hydrogen-bond acceptors (Lipinski definition) is 1. The molecule has 0 radical (unpaired) electrons. The summed E-state index contributed by atoms with van der Waals surface area (Å²) in [5.74, 6) is -0.251. The summed E-state index contributed by atoms with van der Waals surface area (Å²) in [7, 11) is 0. The summed E-state index contributed by atoms with van der Waals surface area (Å²) in [5.41, 5.74) is 2.35. The number of carbonyl (C=O) groups is 1. The second-order valence-corrected chi connectivity index (χ2v) is 3.01. The van der Waals surface area contributed by atoms with Crippen LogP contribution >= 0.6 is 0 Å². The molecule has 0 saturated carbocycles. The predicted octanol–water partition coefficient (Wildman–Crippen LogP) is 2.74. The zero-order chi connectivity index (χ0) is 9.84. The van der Waals surface area contributed by atoms with Crippen molar-refractivity contribution in [2.24, 2.45) is 0 Å². The van der Waals surface area contributed by atoms with Gasteiger partial charge in [-0.25, -0.2) is 4.39 Å². The van der Waals surface area contributed by atoms with Crippen LogP contribution in [0.25, 0.3) is 6.08 Å². The lowest BCUT2D eigenvalue weighted by Gasteiger charge is -2.00. The van der Waals surface area contributed by atoms with Gasteiger partial charge in [-0.1, -0.05) is 6.07 Å². The molecule has 0 saturated heterocycles. The van der Waals surface area contributed by atoms with Crippen molar-refractivity contribution in [3.63, 3.8) is 0 Å². The Kier molecular flexibility index (Phi) is 2.96. The number of carbonyl (C=O) groups excluding carboxylic acids is 1. The van der Waals surface area contributed by atoms with Gasteiger partial charge in [-0.3, -0.25) is 4.79 Å². The third-order valence-corrected chi connectivity index (χ3v) is 1.80. The minimum absolute atomic E-state index is 0.251. The highest BCUT2D eigenvalue weighted by molar-refractivity contribution is 5.81. The van der Waals surface area contributed by atoms with Crippen molar-refractivity contribution in [1.82, 2.24) is 0 Å². The standard InChI is InChI=1S/C11H11FO/c1-8(7-13)5-10-3-4-11(12)6-9(10)2/h3-7H,1-2H3. The Morgan fingerprint density at radius 3 is 2.69 bits per heavy atom. The van der Waals surface area contributed by atoms with E-state index in [1.165, 1.54) is 12.1 Å². The molecule has 0 aliphatic rings. The molecular weight excluding hydrogens is 167 g/mol. The number of hydrogen-bond donors (Lipinski definition) is 0. The van der Waals surface area contributed by atoms with Crippen LogP contribution in [0.3, 0.4) is 0 Å². The number of allylic oxidation sites excluding steroid dienone is 1. The van der Waals surface area contributed by atoms with E-state index in [1.807, 2.05) is 6.92 Å². The van der Waals surface area contributed by atoms with Gasteiger partial charge in [0.2, 0.25) is 0 Å². The normalized spacial score (nSPS) is 11.5. The number of rotatable bonds is 2. The van der Waals surface area contributed by atoms with E-state index in [1.54, 1.807) is 19.1 Å². The van der Waals surface area contributed by atoms with Crippen molar-refractivity contribution >= 4 is 12.4 Å². The van der Waals surface area contributed by atoms with Gasteiger partial charge < -0.3 is 0 Å². The molecule has 13 heavy (non-hydrogen) atoms. The maximum absolute atomic E-state index is 12.7. The van der Waals surface area contributed by atoms with Gasteiger partial charge in [0.05, 0.1) is 0 Å². The van der Waals surface area contributed by atoms with Crippen LogP contribution in [-0.2, 0) is 4.79 Å². The van der Waals surface area contributed by atoms with Gasteiger partial charge in [-0.15, -0.1) is 0 Å². The van der Waals surface area contributed by atoms with Crippen LogP contribution in [0.15, 0.2) is 23.8 Å². The molecule has 1 aromatic carbocycles. The first-order chi connectivity index (χ1) is 6.13. The van der Waals surface area contributed by atoms with Gasteiger partial charge in [0.15, 0.2) is 0 Å².